The molecule has 1 aromatic heterocycles. The Bertz CT molecular complexity index is 604. The zero-order chi connectivity index (χ0) is 14.8. The molecule has 2 rings (SSSR count). The quantitative estimate of drug-likeness (QED) is 0.888. The molecule has 106 valence electrons. The van der Waals surface area contributed by atoms with Crippen LogP contribution in [0, 0.1) is 0 Å². The molecule has 1 aromatic carbocycles. The van der Waals surface area contributed by atoms with Crippen LogP contribution in [0.4, 0.5) is 30.5 Å². The van der Waals surface area contributed by atoms with Gasteiger partial charge in [-0.05, 0) is 40.2 Å². The largest absolute Gasteiger partial charge is 0.573 e. The molecule has 0 saturated carbocycles. The Balaban J connectivity index is 2.13. The van der Waals surface area contributed by atoms with E-state index < -0.39 is 6.36 Å². The predicted molar refractivity (Wildman–Crippen MR) is 70.6 cm³/mol. The second kappa shape index (κ2) is 5.53. The van der Waals surface area contributed by atoms with Gasteiger partial charge in [0.25, 0.3) is 0 Å². The van der Waals surface area contributed by atoms with E-state index in [2.05, 4.69) is 36.0 Å². The van der Waals surface area contributed by atoms with Crippen LogP contribution in [0.25, 0.3) is 0 Å². The number of nitrogens with zero attached hydrogens (tertiary/aromatic N) is 2. The molecule has 9 heteroatoms. The van der Waals surface area contributed by atoms with Gasteiger partial charge in [0, 0.05) is 5.69 Å². The molecule has 1 heterocycles. The fourth-order valence-electron chi connectivity index (χ4n) is 1.35. The average molecular weight is 349 g/mol. The molecule has 20 heavy (non-hydrogen) atoms. The smallest absolute Gasteiger partial charge is 0.406 e. The molecule has 0 aliphatic heterocycles. The molecule has 0 radical (unpaired) electrons. The summed E-state index contributed by atoms with van der Waals surface area (Å²) in [5.41, 5.74) is 6.11. The van der Waals surface area contributed by atoms with Crippen molar-refractivity contribution < 1.29 is 17.9 Å². The Labute approximate surface area is 120 Å². The summed E-state index contributed by atoms with van der Waals surface area (Å²) in [6.07, 6.45) is -3.44. The van der Waals surface area contributed by atoms with E-state index in [-0.39, 0.29) is 11.6 Å². The van der Waals surface area contributed by atoms with E-state index in [4.69, 9.17) is 5.73 Å². The third kappa shape index (κ3) is 3.73. The molecule has 0 spiro atoms. The monoisotopic (exact) mass is 348 g/mol. The van der Waals surface area contributed by atoms with Gasteiger partial charge in [0.15, 0.2) is 0 Å². The second-order valence-electron chi connectivity index (χ2n) is 3.62. The SMILES string of the molecule is Nc1ncnc(Nc2ccc(OC(F)(F)F)cc2)c1Br. The zero-order valence-electron chi connectivity index (χ0n) is 9.78. The van der Waals surface area contributed by atoms with Crippen molar-refractivity contribution in [1.82, 2.24) is 9.97 Å². The lowest BCUT2D eigenvalue weighted by atomic mass is 10.3. The molecule has 2 aromatic rings. The van der Waals surface area contributed by atoms with Crippen molar-refractivity contribution in [3.05, 3.63) is 35.1 Å². The lowest BCUT2D eigenvalue weighted by Gasteiger charge is -2.11. The minimum Gasteiger partial charge on any atom is -0.406 e. The van der Waals surface area contributed by atoms with E-state index in [1.54, 1.807) is 0 Å². The highest BCUT2D eigenvalue weighted by Gasteiger charge is 2.30. The van der Waals surface area contributed by atoms with Crippen molar-refractivity contribution in [2.45, 2.75) is 6.36 Å². The third-order valence-electron chi connectivity index (χ3n) is 2.17. The van der Waals surface area contributed by atoms with Crippen LogP contribution in [-0.4, -0.2) is 16.3 Å². The van der Waals surface area contributed by atoms with Crippen LogP contribution in [0.2, 0.25) is 0 Å². The summed E-state index contributed by atoms with van der Waals surface area (Å²) in [4.78, 5) is 7.73. The molecule has 0 fully saturated rings. The number of hydrogen-bond donors (Lipinski definition) is 2. The molecule has 0 atom stereocenters. The van der Waals surface area contributed by atoms with Crippen LogP contribution >= 0.6 is 15.9 Å². The van der Waals surface area contributed by atoms with Gasteiger partial charge in [-0.1, -0.05) is 0 Å². The minimum atomic E-state index is -4.71. The average Bonchev–Trinajstić information content (AvgIpc) is 2.35. The van der Waals surface area contributed by atoms with Gasteiger partial charge in [0.1, 0.15) is 28.2 Å². The number of halogens is 4. The predicted octanol–water partition coefficient (Wildman–Crippen LogP) is 3.46. The number of benzene rings is 1. The van der Waals surface area contributed by atoms with Crippen LogP contribution in [0.5, 0.6) is 5.75 Å². The number of anilines is 3. The highest BCUT2D eigenvalue weighted by Crippen LogP contribution is 2.28. The normalized spacial score (nSPS) is 11.2. The topological polar surface area (TPSA) is 73.1 Å². The van der Waals surface area contributed by atoms with Gasteiger partial charge in [-0.15, -0.1) is 13.2 Å². The Hall–Kier alpha value is -2.03. The third-order valence-corrected chi connectivity index (χ3v) is 2.95. The number of alkyl halides is 3. The van der Waals surface area contributed by atoms with E-state index >= 15 is 0 Å². The number of nitrogens with two attached hydrogens (primary N) is 1. The van der Waals surface area contributed by atoms with Crippen molar-refractivity contribution in [3.8, 4) is 5.75 Å². The van der Waals surface area contributed by atoms with E-state index in [0.29, 0.717) is 16.0 Å². The first-order valence-corrected chi connectivity index (χ1v) is 6.03. The van der Waals surface area contributed by atoms with Gasteiger partial charge >= 0.3 is 6.36 Å². The molecule has 0 aliphatic carbocycles. The minimum absolute atomic E-state index is 0.250. The fraction of sp³-hybridized carbons (Fsp3) is 0.0909. The molecular formula is C11H8BrF3N4O. The van der Waals surface area contributed by atoms with E-state index in [1.807, 2.05) is 0 Å². The fourth-order valence-corrected chi connectivity index (χ4v) is 1.65. The van der Waals surface area contributed by atoms with Gasteiger partial charge in [-0.3, -0.25) is 0 Å². The summed E-state index contributed by atoms with van der Waals surface area (Å²) in [5, 5.41) is 2.89. The molecule has 0 amide bonds. The molecule has 5 nitrogen and oxygen atoms in total. The number of nitrogens with one attached hydrogen (secondary N) is 1. The molecular weight excluding hydrogens is 341 g/mol. The van der Waals surface area contributed by atoms with Crippen LogP contribution in [-0.2, 0) is 0 Å². The Kier molecular flexibility index (Phi) is 3.98. The van der Waals surface area contributed by atoms with Gasteiger partial charge < -0.3 is 15.8 Å². The maximum absolute atomic E-state index is 12.0. The summed E-state index contributed by atoms with van der Waals surface area (Å²) in [5.74, 6) is 0.353. The first-order valence-electron chi connectivity index (χ1n) is 5.24. The van der Waals surface area contributed by atoms with Gasteiger partial charge in [-0.2, -0.15) is 0 Å². The lowest BCUT2D eigenvalue weighted by Crippen LogP contribution is -2.16. The Morgan fingerprint density at radius 1 is 1.15 bits per heavy atom. The first kappa shape index (κ1) is 14.4. The van der Waals surface area contributed by atoms with Gasteiger partial charge in [0.05, 0.1) is 0 Å². The molecule has 0 aliphatic rings. The highest BCUT2D eigenvalue weighted by molar-refractivity contribution is 9.10. The van der Waals surface area contributed by atoms with Crippen molar-refractivity contribution >= 4 is 33.3 Å². The number of rotatable bonds is 3. The van der Waals surface area contributed by atoms with E-state index in [1.165, 1.54) is 30.6 Å². The van der Waals surface area contributed by atoms with Crippen molar-refractivity contribution in [1.29, 1.82) is 0 Å². The number of aromatic nitrogens is 2. The zero-order valence-corrected chi connectivity index (χ0v) is 11.4. The van der Waals surface area contributed by atoms with Gasteiger partial charge in [0.2, 0.25) is 0 Å². The maximum Gasteiger partial charge on any atom is 0.573 e. The van der Waals surface area contributed by atoms with Crippen LogP contribution in [0.3, 0.4) is 0 Å². The standard InChI is InChI=1S/C11H8BrF3N4O/c12-8-9(16)17-5-18-10(8)19-6-1-3-7(4-2-6)20-11(13,14)15/h1-5H,(H3,16,17,18,19). The summed E-state index contributed by atoms with van der Waals surface area (Å²) in [6.45, 7) is 0. The van der Waals surface area contributed by atoms with E-state index in [0.717, 1.165) is 0 Å². The highest BCUT2D eigenvalue weighted by atomic mass is 79.9. The van der Waals surface area contributed by atoms with Crippen LogP contribution in [0.1, 0.15) is 0 Å². The van der Waals surface area contributed by atoms with Crippen LogP contribution < -0.4 is 15.8 Å². The van der Waals surface area contributed by atoms with Crippen LogP contribution in [0.15, 0.2) is 35.1 Å². The van der Waals surface area contributed by atoms with Crippen molar-refractivity contribution in [3.63, 3.8) is 0 Å². The number of ether oxygens (including phenoxy) is 1. The summed E-state index contributed by atoms with van der Waals surface area (Å²) >= 11 is 3.21. The van der Waals surface area contributed by atoms with Gasteiger partial charge in [-0.25, -0.2) is 9.97 Å². The molecule has 0 saturated heterocycles. The molecule has 0 unspecified atom stereocenters. The Morgan fingerprint density at radius 2 is 1.80 bits per heavy atom. The van der Waals surface area contributed by atoms with Crippen molar-refractivity contribution in [2.75, 3.05) is 11.1 Å². The number of nitrogen functional groups attached to an aromatic ring is 1. The lowest BCUT2D eigenvalue weighted by molar-refractivity contribution is -0.274. The second-order valence-corrected chi connectivity index (χ2v) is 4.41. The Morgan fingerprint density at radius 3 is 2.40 bits per heavy atom. The summed E-state index contributed by atoms with van der Waals surface area (Å²) in [6, 6.07) is 5.22. The molecule has 0 bridgehead atoms. The van der Waals surface area contributed by atoms with E-state index in [9.17, 15) is 13.2 Å². The first-order chi connectivity index (χ1) is 9.35. The van der Waals surface area contributed by atoms with Crippen molar-refractivity contribution in [2.24, 2.45) is 0 Å². The molecule has 3 N–H and O–H groups in total. The summed E-state index contributed by atoms with van der Waals surface area (Å²) < 4.78 is 40.3. The summed E-state index contributed by atoms with van der Waals surface area (Å²) in [7, 11) is 0. The number of hydrogen-bond acceptors (Lipinski definition) is 5. The maximum atomic E-state index is 12.0.